The number of nitrogens with zero attached hydrogens (tertiary/aromatic N) is 2. The maximum atomic E-state index is 5.77. The monoisotopic (exact) mass is 393 g/mol. The Balaban J connectivity index is 1.47. The lowest BCUT2D eigenvalue weighted by molar-refractivity contribution is 0.117. The molecule has 0 amide bonds. The van der Waals surface area contributed by atoms with Gasteiger partial charge in [-0.1, -0.05) is 74.7 Å². The Labute approximate surface area is 171 Å². The molecule has 4 nitrogen and oxygen atoms in total. The zero-order chi connectivity index (χ0) is 19.4. The molecule has 0 bridgehead atoms. The first-order valence-electron chi connectivity index (χ1n) is 9.82. The van der Waals surface area contributed by atoms with E-state index in [1.54, 1.807) is 11.3 Å². The topological polar surface area (TPSA) is 46.5 Å². The summed E-state index contributed by atoms with van der Waals surface area (Å²) in [6.07, 6.45) is 6.74. The minimum atomic E-state index is 0.647. The molecule has 0 radical (unpaired) electrons. The Morgan fingerprint density at radius 2 is 1.96 bits per heavy atom. The van der Waals surface area contributed by atoms with Gasteiger partial charge in [0.2, 0.25) is 5.13 Å². The van der Waals surface area contributed by atoms with Crippen molar-refractivity contribution in [3.63, 3.8) is 0 Å². The van der Waals surface area contributed by atoms with E-state index in [0.717, 1.165) is 35.0 Å². The lowest BCUT2D eigenvalue weighted by Crippen LogP contribution is -1.97. The summed E-state index contributed by atoms with van der Waals surface area (Å²) in [4.78, 5) is 4.57. The highest BCUT2D eigenvalue weighted by atomic mass is 32.1. The van der Waals surface area contributed by atoms with Gasteiger partial charge in [0.15, 0.2) is 0 Å². The first-order chi connectivity index (χ1) is 13.8. The Kier molecular flexibility index (Phi) is 8.22. The number of nitrogens with one attached hydrogen (secondary N) is 1. The molecule has 1 heterocycles. The molecule has 0 aliphatic rings. The molecule has 1 aromatic heterocycles. The minimum absolute atomic E-state index is 0.647. The van der Waals surface area contributed by atoms with Gasteiger partial charge in [0.05, 0.1) is 18.5 Å². The van der Waals surface area contributed by atoms with Crippen molar-refractivity contribution in [1.29, 1.82) is 0 Å². The number of anilines is 1. The predicted octanol–water partition coefficient (Wildman–Crippen LogP) is 6.35. The van der Waals surface area contributed by atoms with Crippen molar-refractivity contribution >= 4 is 22.7 Å². The second-order valence-corrected chi connectivity index (χ2v) is 7.49. The summed E-state index contributed by atoms with van der Waals surface area (Å²) in [6, 6.07) is 18.4. The van der Waals surface area contributed by atoms with Crippen LogP contribution in [0.2, 0.25) is 0 Å². The molecule has 28 heavy (non-hydrogen) atoms. The summed E-state index contributed by atoms with van der Waals surface area (Å²) in [5.41, 5.74) is 7.30. The van der Waals surface area contributed by atoms with Gasteiger partial charge in [-0.25, -0.2) is 4.98 Å². The van der Waals surface area contributed by atoms with Crippen LogP contribution in [0.3, 0.4) is 0 Å². The molecular weight excluding hydrogens is 366 g/mol. The summed E-state index contributed by atoms with van der Waals surface area (Å²) in [7, 11) is 0. The highest BCUT2D eigenvalue weighted by Gasteiger charge is 2.03. The first kappa shape index (κ1) is 20.2. The zero-order valence-corrected chi connectivity index (χ0v) is 17.1. The van der Waals surface area contributed by atoms with E-state index in [1.807, 2.05) is 41.9 Å². The quantitative estimate of drug-likeness (QED) is 0.234. The van der Waals surface area contributed by atoms with Crippen molar-refractivity contribution in [2.45, 2.75) is 39.2 Å². The van der Waals surface area contributed by atoms with E-state index in [-0.39, 0.29) is 0 Å². The van der Waals surface area contributed by atoms with Gasteiger partial charge in [0.25, 0.3) is 0 Å². The van der Waals surface area contributed by atoms with Gasteiger partial charge in [0, 0.05) is 17.6 Å². The molecule has 0 saturated heterocycles. The highest BCUT2D eigenvalue weighted by Crippen LogP contribution is 2.24. The van der Waals surface area contributed by atoms with Crippen molar-refractivity contribution in [3.05, 3.63) is 71.1 Å². The Morgan fingerprint density at radius 1 is 1.07 bits per heavy atom. The van der Waals surface area contributed by atoms with Gasteiger partial charge in [0.1, 0.15) is 0 Å². The highest BCUT2D eigenvalue weighted by molar-refractivity contribution is 7.14. The van der Waals surface area contributed by atoms with Crippen LogP contribution in [-0.2, 0) is 11.3 Å². The lowest BCUT2D eigenvalue weighted by atomic mass is 10.1. The molecule has 0 unspecified atom stereocenters. The molecular formula is C23H27N3OS. The summed E-state index contributed by atoms with van der Waals surface area (Å²) in [6.45, 7) is 3.70. The summed E-state index contributed by atoms with van der Waals surface area (Å²) < 4.78 is 5.77. The van der Waals surface area contributed by atoms with E-state index in [0.29, 0.717) is 6.61 Å². The predicted molar refractivity (Wildman–Crippen MR) is 119 cm³/mol. The van der Waals surface area contributed by atoms with Crippen LogP contribution in [0.15, 0.2) is 65.1 Å². The number of unbranched alkanes of at least 4 members (excludes halogenated alkanes) is 3. The molecule has 0 saturated carbocycles. The molecule has 0 aliphatic heterocycles. The number of aromatic nitrogens is 1. The maximum absolute atomic E-state index is 5.77. The number of rotatable bonds is 11. The molecule has 0 atom stereocenters. The average Bonchev–Trinajstić information content (AvgIpc) is 3.21. The Hall–Kier alpha value is -2.50. The number of hydrogen-bond acceptors (Lipinski definition) is 5. The van der Waals surface area contributed by atoms with Crippen LogP contribution in [-0.4, -0.2) is 17.8 Å². The fourth-order valence-corrected chi connectivity index (χ4v) is 3.48. The van der Waals surface area contributed by atoms with Crippen LogP contribution in [0.5, 0.6) is 0 Å². The number of hydrazone groups is 1. The molecule has 5 heteroatoms. The summed E-state index contributed by atoms with van der Waals surface area (Å²) >= 11 is 1.55. The SMILES string of the molecule is CCCCCCOCc1cccc(C=NNc2nc(-c3ccccc3)cs2)c1. The fraction of sp³-hybridized carbons (Fsp3) is 0.304. The van der Waals surface area contributed by atoms with Gasteiger partial charge >= 0.3 is 0 Å². The first-order valence-corrected chi connectivity index (χ1v) is 10.7. The molecule has 1 N–H and O–H groups in total. The maximum Gasteiger partial charge on any atom is 0.203 e. The van der Waals surface area contributed by atoms with Crippen LogP contribution in [0.1, 0.15) is 43.7 Å². The number of ether oxygens (including phenoxy) is 1. The fourth-order valence-electron chi connectivity index (χ4n) is 2.81. The van der Waals surface area contributed by atoms with E-state index in [2.05, 4.69) is 46.7 Å². The van der Waals surface area contributed by atoms with Crippen molar-refractivity contribution < 1.29 is 4.74 Å². The lowest BCUT2D eigenvalue weighted by Gasteiger charge is -2.05. The van der Waals surface area contributed by atoms with Crippen LogP contribution >= 0.6 is 11.3 Å². The third-order valence-electron chi connectivity index (χ3n) is 4.31. The second kappa shape index (κ2) is 11.4. The summed E-state index contributed by atoms with van der Waals surface area (Å²) in [5, 5.41) is 7.13. The van der Waals surface area contributed by atoms with Crippen molar-refractivity contribution in [2.24, 2.45) is 5.10 Å². The third-order valence-corrected chi connectivity index (χ3v) is 5.06. The standard InChI is InChI=1S/C23H27N3OS/c1-2-3-4-8-14-27-17-20-11-9-10-19(15-20)16-24-26-23-25-22(18-28-23)21-12-6-5-7-13-21/h5-7,9-13,15-16,18H,2-4,8,14,17H2,1H3,(H,25,26). The van der Waals surface area contributed by atoms with E-state index < -0.39 is 0 Å². The van der Waals surface area contributed by atoms with Crippen LogP contribution < -0.4 is 5.43 Å². The molecule has 146 valence electrons. The van der Waals surface area contributed by atoms with Gasteiger partial charge in [-0.15, -0.1) is 11.3 Å². The van der Waals surface area contributed by atoms with E-state index >= 15 is 0 Å². The van der Waals surface area contributed by atoms with Crippen molar-refractivity contribution in [2.75, 3.05) is 12.0 Å². The van der Waals surface area contributed by atoms with E-state index in [4.69, 9.17) is 4.74 Å². The van der Waals surface area contributed by atoms with E-state index in [1.165, 1.54) is 24.8 Å². The molecule has 0 fully saturated rings. The minimum Gasteiger partial charge on any atom is -0.377 e. The largest absolute Gasteiger partial charge is 0.377 e. The van der Waals surface area contributed by atoms with Crippen LogP contribution in [0, 0.1) is 0 Å². The second-order valence-electron chi connectivity index (χ2n) is 6.63. The molecule has 3 rings (SSSR count). The van der Waals surface area contributed by atoms with Crippen molar-refractivity contribution in [3.8, 4) is 11.3 Å². The van der Waals surface area contributed by atoms with Crippen molar-refractivity contribution in [1.82, 2.24) is 4.98 Å². The molecule has 3 aromatic rings. The van der Waals surface area contributed by atoms with Gasteiger partial charge in [-0.2, -0.15) is 5.10 Å². The van der Waals surface area contributed by atoms with Gasteiger partial charge in [-0.3, -0.25) is 5.43 Å². The average molecular weight is 394 g/mol. The van der Waals surface area contributed by atoms with Gasteiger partial charge in [-0.05, 0) is 23.6 Å². The summed E-state index contributed by atoms with van der Waals surface area (Å²) in [5.74, 6) is 0. The molecule has 0 aliphatic carbocycles. The van der Waals surface area contributed by atoms with E-state index in [9.17, 15) is 0 Å². The molecule has 2 aromatic carbocycles. The van der Waals surface area contributed by atoms with Crippen LogP contribution in [0.4, 0.5) is 5.13 Å². The van der Waals surface area contributed by atoms with Crippen LogP contribution in [0.25, 0.3) is 11.3 Å². The number of hydrogen-bond donors (Lipinski definition) is 1. The molecule has 0 spiro atoms. The zero-order valence-electron chi connectivity index (χ0n) is 16.3. The number of thiazole rings is 1. The number of benzene rings is 2. The smallest absolute Gasteiger partial charge is 0.203 e. The van der Waals surface area contributed by atoms with Gasteiger partial charge < -0.3 is 4.74 Å². The Morgan fingerprint density at radius 3 is 2.82 bits per heavy atom. The normalized spacial score (nSPS) is 11.2. The Bertz CT molecular complexity index is 861. The third kappa shape index (κ3) is 6.59.